The molecule has 1 saturated heterocycles. The van der Waals surface area contributed by atoms with E-state index >= 15 is 0 Å². The molecule has 0 amide bonds. The van der Waals surface area contributed by atoms with Gasteiger partial charge in [-0.25, -0.2) is 4.98 Å². The van der Waals surface area contributed by atoms with E-state index in [4.69, 9.17) is 0 Å². The fourth-order valence-corrected chi connectivity index (χ4v) is 1.93. The number of Topliss-reactive ketones (excluding diaryl/α,β-unsaturated/α-hetero) is 1. The van der Waals surface area contributed by atoms with Crippen molar-refractivity contribution < 1.29 is 4.79 Å². The van der Waals surface area contributed by atoms with Crippen LogP contribution in [0.5, 0.6) is 0 Å². The monoisotopic (exact) mass is 235 g/mol. The average molecular weight is 235 g/mol. The second kappa shape index (κ2) is 4.69. The Bertz CT molecular complexity index is 479. The third-order valence-corrected chi connectivity index (χ3v) is 2.87. The Morgan fingerprint density at radius 2 is 2.18 bits per heavy atom. The molecule has 92 valence electrons. The number of nitrogens with zero attached hydrogens (tertiary/aromatic N) is 2. The van der Waals surface area contributed by atoms with E-state index in [1.807, 2.05) is 18.7 Å². The number of nitrogens with one attached hydrogen (secondary N) is 1. The summed E-state index contributed by atoms with van der Waals surface area (Å²) in [5.41, 5.74) is -0.156. The molecule has 17 heavy (non-hydrogen) atoms. The molecule has 0 bridgehead atoms. The van der Waals surface area contributed by atoms with Gasteiger partial charge in [0.2, 0.25) is 0 Å². The minimum absolute atomic E-state index is 0.156. The van der Waals surface area contributed by atoms with Crippen LogP contribution >= 0.6 is 0 Å². The molecule has 5 nitrogen and oxygen atoms in total. The lowest BCUT2D eigenvalue weighted by atomic mass is 10.1. The Balaban J connectivity index is 2.31. The Labute approximate surface area is 99.9 Å². The maximum absolute atomic E-state index is 11.5. The highest BCUT2D eigenvalue weighted by molar-refractivity contribution is 5.84. The third-order valence-electron chi connectivity index (χ3n) is 2.87. The first-order valence-electron chi connectivity index (χ1n) is 5.94. The summed E-state index contributed by atoms with van der Waals surface area (Å²) in [7, 11) is 0. The van der Waals surface area contributed by atoms with E-state index in [-0.39, 0.29) is 17.3 Å². The van der Waals surface area contributed by atoms with Gasteiger partial charge in [-0.3, -0.25) is 9.59 Å². The van der Waals surface area contributed by atoms with Crippen LogP contribution in [0.3, 0.4) is 0 Å². The Morgan fingerprint density at radius 3 is 2.82 bits per heavy atom. The van der Waals surface area contributed by atoms with Crippen LogP contribution in [0.25, 0.3) is 0 Å². The number of aromatic nitrogens is 2. The molecule has 0 spiro atoms. The molecule has 0 aromatic carbocycles. The Kier molecular flexibility index (Phi) is 3.26. The second-order valence-electron chi connectivity index (χ2n) is 4.71. The smallest absolute Gasteiger partial charge is 0.252 e. The van der Waals surface area contributed by atoms with Crippen LogP contribution in [0, 0.1) is 0 Å². The third kappa shape index (κ3) is 2.72. The van der Waals surface area contributed by atoms with Crippen molar-refractivity contribution in [2.24, 2.45) is 0 Å². The van der Waals surface area contributed by atoms with Crippen molar-refractivity contribution in [1.82, 2.24) is 9.97 Å². The van der Waals surface area contributed by atoms with Crippen molar-refractivity contribution in [2.75, 3.05) is 18.0 Å². The number of hydrogen-bond donors (Lipinski definition) is 1. The molecule has 1 N–H and O–H groups in total. The molecule has 0 atom stereocenters. The van der Waals surface area contributed by atoms with Gasteiger partial charge in [-0.15, -0.1) is 0 Å². The van der Waals surface area contributed by atoms with Crippen molar-refractivity contribution in [3.05, 3.63) is 22.2 Å². The highest BCUT2D eigenvalue weighted by atomic mass is 16.1. The molecule has 1 aromatic rings. The molecular weight excluding hydrogens is 218 g/mol. The molecule has 1 aromatic heterocycles. The van der Waals surface area contributed by atoms with Gasteiger partial charge in [0.25, 0.3) is 5.56 Å². The van der Waals surface area contributed by atoms with E-state index in [0.717, 1.165) is 13.0 Å². The first kappa shape index (κ1) is 11.8. The normalized spacial score (nSPS) is 16.6. The maximum atomic E-state index is 11.5. The van der Waals surface area contributed by atoms with E-state index < -0.39 is 0 Å². The SMILES string of the molecule is CC(C)c1nc(N2CCCC(=O)C2)cc(=O)[nH]1. The first-order chi connectivity index (χ1) is 8.06. The highest BCUT2D eigenvalue weighted by Crippen LogP contribution is 2.16. The number of anilines is 1. The highest BCUT2D eigenvalue weighted by Gasteiger charge is 2.19. The van der Waals surface area contributed by atoms with Gasteiger partial charge in [0.15, 0.2) is 5.78 Å². The zero-order chi connectivity index (χ0) is 12.4. The quantitative estimate of drug-likeness (QED) is 0.832. The summed E-state index contributed by atoms with van der Waals surface area (Å²) >= 11 is 0. The summed E-state index contributed by atoms with van der Waals surface area (Å²) in [6.45, 7) is 5.11. The lowest BCUT2D eigenvalue weighted by molar-refractivity contribution is -0.118. The number of carbonyl (C=O) groups excluding carboxylic acids is 1. The maximum Gasteiger partial charge on any atom is 0.252 e. The minimum atomic E-state index is -0.156. The summed E-state index contributed by atoms with van der Waals surface area (Å²) in [5, 5.41) is 0. The number of carbonyl (C=O) groups is 1. The lowest BCUT2D eigenvalue weighted by Gasteiger charge is -2.27. The summed E-state index contributed by atoms with van der Waals surface area (Å²) in [6.07, 6.45) is 1.47. The first-order valence-corrected chi connectivity index (χ1v) is 5.94. The Morgan fingerprint density at radius 1 is 1.41 bits per heavy atom. The molecule has 2 heterocycles. The van der Waals surface area contributed by atoms with Crippen LogP contribution in [0.2, 0.25) is 0 Å². The van der Waals surface area contributed by atoms with Crippen molar-refractivity contribution in [1.29, 1.82) is 0 Å². The van der Waals surface area contributed by atoms with E-state index in [1.165, 1.54) is 6.07 Å². The van der Waals surface area contributed by atoms with Gasteiger partial charge in [0.1, 0.15) is 11.6 Å². The topological polar surface area (TPSA) is 66.1 Å². The molecule has 5 heteroatoms. The predicted molar refractivity (Wildman–Crippen MR) is 65.4 cm³/mol. The van der Waals surface area contributed by atoms with Gasteiger partial charge in [-0.1, -0.05) is 13.8 Å². The molecule has 0 saturated carbocycles. The average Bonchev–Trinajstić information content (AvgIpc) is 2.28. The largest absolute Gasteiger partial charge is 0.349 e. The zero-order valence-corrected chi connectivity index (χ0v) is 10.2. The number of hydrogen-bond acceptors (Lipinski definition) is 4. The molecular formula is C12H17N3O2. The summed E-state index contributed by atoms with van der Waals surface area (Å²) in [5.74, 6) is 1.67. The van der Waals surface area contributed by atoms with Gasteiger partial charge in [-0.2, -0.15) is 0 Å². The van der Waals surface area contributed by atoms with E-state index in [2.05, 4.69) is 9.97 Å². The zero-order valence-electron chi connectivity index (χ0n) is 10.2. The fourth-order valence-electron chi connectivity index (χ4n) is 1.93. The number of aromatic amines is 1. The standard InChI is InChI=1S/C12H17N3O2/c1-8(2)12-13-10(6-11(17)14-12)15-5-3-4-9(16)7-15/h6,8H,3-5,7H2,1-2H3,(H,13,14,17). The van der Waals surface area contributed by atoms with Crippen LogP contribution in [0.4, 0.5) is 5.82 Å². The molecule has 1 aliphatic rings. The predicted octanol–water partition coefficient (Wildman–Crippen LogP) is 1.06. The van der Waals surface area contributed by atoms with Gasteiger partial charge >= 0.3 is 0 Å². The van der Waals surface area contributed by atoms with Crippen molar-refractivity contribution in [3.8, 4) is 0 Å². The summed E-state index contributed by atoms with van der Waals surface area (Å²) in [4.78, 5) is 31.9. The van der Waals surface area contributed by atoms with E-state index in [9.17, 15) is 9.59 Å². The molecule has 0 unspecified atom stereocenters. The minimum Gasteiger partial charge on any atom is -0.349 e. The Hall–Kier alpha value is -1.65. The molecule has 0 aliphatic carbocycles. The van der Waals surface area contributed by atoms with Crippen molar-refractivity contribution in [2.45, 2.75) is 32.6 Å². The molecule has 2 rings (SSSR count). The van der Waals surface area contributed by atoms with Crippen LogP contribution in [0.1, 0.15) is 38.4 Å². The summed E-state index contributed by atoms with van der Waals surface area (Å²) < 4.78 is 0. The number of rotatable bonds is 2. The fraction of sp³-hybridized carbons (Fsp3) is 0.583. The van der Waals surface area contributed by atoms with Crippen molar-refractivity contribution >= 4 is 11.6 Å². The van der Waals surface area contributed by atoms with Crippen LogP contribution in [-0.4, -0.2) is 28.8 Å². The summed E-state index contributed by atoms with van der Waals surface area (Å²) in [6, 6.07) is 1.46. The number of piperidine rings is 1. The van der Waals surface area contributed by atoms with Gasteiger partial charge in [0, 0.05) is 24.9 Å². The van der Waals surface area contributed by atoms with E-state index in [0.29, 0.717) is 24.6 Å². The molecule has 1 aliphatic heterocycles. The van der Waals surface area contributed by atoms with Crippen molar-refractivity contribution in [3.63, 3.8) is 0 Å². The lowest BCUT2D eigenvalue weighted by Crippen LogP contribution is -2.37. The van der Waals surface area contributed by atoms with Crippen LogP contribution < -0.4 is 10.5 Å². The van der Waals surface area contributed by atoms with Gasteiger partial charge < -0.3 is 9.88 Å². The van der Waals surface area contributed by atoms with Gasteiger partial charge in [-0.05, 0) is 6.42 Å². The van der Waals surface area contributed by atoms with Gasteiger partial charge in [0.05, 0.1) is 6.54 Å². The molecule has 1 fully saturated rings. The molecule has 0 radical (unpaired) electrons. The second-order valence-corrected chi connectivity index (χ2v) is 4.71. The van der Waals surface area contributed by atoms with Crippen LogP contribution in [-0.2, 0) is 4.79 Å². The number of H-pyrrole nitrogens is 1. The van der Waals surface area contributed by atoms with Crippen LogP contribution in [0.15, 0.2) is 10.9 Å². The van der Waals surface area contributed by atoms with E-state index in [1.54, 1.807) is 0 Å². The number of ketones is 1.